The van der Waals surface area contributed by atoms with E-state index in [-0.39, 0.29) is 5.56 Å². The molecule has 2 aromatic carbocycles. The molecule has 3 aromatic rings. The van der Waals surface area contributed by atoms with Crippen molar-refractivity contribution in [2.24, 2.45) is 0 Å². The van der Waals surface area contributed by atoms with Crippen molar-refractivity contribution < 1.29 is 4.74 Å². The zero-order valence-electron chi connectivity index (χ0n) is 11.9. The summed E-state index contributed by atoms with van der Waals surface area (Å²) in [6.45, 7) is 0.449. The van der Waals surface area contributed by atoms with Gasteiger partial charge in [-0.3, -0.25) is 9.36 Å². The Bertz CT molecular complexity index is 963. The average Bonchev–Trinajstić information content (AvgIpc) is 2.54. The Hall–Kier alpha value is -2.46. The van der Waals surface area contributed by atoms with Gasteiger partial charge < -0.3 is 10.1 Å². The number of fused-ring (bicyclic) bond motifs is 4. The minimum atomic E-state index is -0.0201. The summed E-state index contributed by atoms with van der Waals surface area (Å²) < 4.78 is 6.98. The molecule has 5 heteroatoms. The van der Waals surface area contributed by atoms with E-state index < -0.39 is 0 Å². The molecular weight excluding hydrogens is 300 g/mol. The Labute approximate surface area is 131 Å². The number of hydrogen-bond donors (Lipinski definition) is 1. The van der Waals surface area contributed by atoms with Crippen molar-refractivity contribution in [2.45, 2.75) is 6.67 Å². The molecule has 0 saturated heterocycles. The van der Waals surface area contributed by atoms with Gasteiger partial charge >= 0.3 is 0 Å². The fourth-order valence-corrected chi connectivity index (χ4v) is 3.06. The van der Waals surface area contributed by atoms with Gasteiger partial charge in [-0.15, -0.1) is 0 Å². The van der Waals surface area contributed by atoms with Crippen LogP contribution in [0.1, 0.15) is 0 Å². The van der Waals surface area contributed by atoms with Crippen molar-refractivity contribution in [2.75, 3.05) is 12.4 Å². The van der Waals surface area contributed by atoms with Crippen LogP contribution in [-0.2, 0) is 6.67 Å². The lowest BCUT2D eigenvalue weighted by Crippen LogP contribution is -2.28. The minimum absolute atomic E-state index is 0.0201. The molecule has 4 rings (SSSR count). The van der Waals surface area contributed by atoms with Gasteiger partial charge in [0.05, 0.1) is 19.5 Å². The van der Waals surface area contributed by atoms with Gasteiger partial charge in [-0.25, -0.2) is 0 Å². The molecule has 0 amide bonds. The molecule has 0 unspecified atom stereocenters. The molecular formula is C17H13ClN2O2. The van der Waals surface area contributed by atoms with Crippen molar-refractivity contribution in [3.63, 3.8) is 0 Å². The molecule has 1 N–H and O–H groups in total. The molecule has 0 saturated carbocycles. The van der Waals surface area contributed by atoms with Crippen LogP contribution in [0.15, 0.2) is 47.3 Å². The summed E-state index contributed by atoms with van der Waals surface area (Å²) in [7, 11) is 1.62. The van der Waals surface area contributed by atoms with Gasteiger partial charge in [0, 0.05) is 21.7 Å². The van der Waals surface area contributed by atoms with Gasteiger partial charge in [0.1, 0.15) is 5.75 Å². The Morgan fingerprint density at radius 1 is 1.18 bits per heavy atom. The number of nitrogens with zero attached hydrogens (tertiary/aromatic N) is 1. The monoisotopic (exact) mass is 312 g/mol. The van der Waals surface area contributed by atoms with Gasteiger partial charge in [-0.1, -0.05) is 11.6 Å². The summed E-state index contributed by atoms with van der Waals surface area (Å²) >= 11 is 6.11. The number of aromatic nitrogens is 1. The number of hydrogen-bond acceptors (Lipinski definition) is 3. The van der Waals surface area contributed by atoms with Crippen LogP contribution in [0.3, 0.4) is 0 Å². The third-order valence-corrected chi connectivity index (χ3v) is 4.24. The van der Waals surface area contributed by atoms with Crippen LogP contribution in [0.4, 0.5) is 5.69 Å². The first-order chi connectivity index (χ1) is 10.7. The van der Waals surface area contributed by atoms with Crippen molar-refractivity contribution in [1.82, 2.24) is 4.57 Å². The Kier molecular flexibility index (Phi) is 2.87. The Morgan fingerprint density at radius 3 is 2.86 bits per heavy atom. The number of rotatable bonds is 1. The summed E-state index contributed by atoms with van der Waals surface area (Å²) in [6.07, 6.45) is 0. The van der Waals surface area contributed by atoms with Crippen LogP contribution < -0.4 is 15.6 Å². The first-order valence-corrected chi connectivity index (χ1v) is 7.30. The van der Waals surface area contributed by atoms with E-state index >= 15 is 0 Å². The van der Waals surface area contributed by atoms with E-state index in [2.05, 4.69) is 5.32 Å². The fourth-order valence-electron chi connectivity index (χ4n) is 2.89. The SMILES string of the molecule is COc1ccc2c(=O)n3c(cc2c1)-c1cc(Cl)ccc1NC3. The van der Waals surface area contributed by atoms with E-state index in [1.54, 1.807) is 23.8 Å². The number of halogens is 1. The van der Waals surface area contributed by atoms with Crippen molar-refractivity contribution in [3.05, 3.63) is 57.8 Å². The first kappa shape index (κ1) is 13.2. The highest BCUT2D eigenvalue weighted by atomic mass is 35.5. The zero-order valence-corrected chi connectivity index (χ0v) is 12.6. The second kappa shape index (κ2) is 4.78. The second-order valence-electron chi connectivity index (χ2n) is 5.24. The van der Waals surface area contributed by atoms with Crippen LogP contribution in [0.2, 0.25) is 5.02 Å². The number of methoxy groups -OCH3 is 1. The van der Waals surface area contributed by atoms with Gasteiger partial charge in [-0.05, 0) is 47.9 Å². The van der Waals surface area contributed by atoms with Crippen molar-refractivity contribution >= 4 is 28.1 Å². The van der Waals surface area contributed by atoms with E-state index in [9.17, 15) is 4.79 Å². The number of nitrogens with one attached hydrogen (secondary N) is 1. The highest BCUT2D eigenvalue weighted by Crippen LogP contribution is 2.35. The molecule has 0 fully saturated rings. The van der Waals surface area contributed by atoms with Gasteiger partial charge in [0.25, 0.3) is 5.56 Å². The first-order valence-electron chi connectivity index (χ1n) is 6.93. The summed E-state index contributed by atoms with van der Waals surface area (Å²) in [5.74, 6) is 0.733. The van der Waals surface area contributed by atoms with E-state index in [0.717, 1.165) is 28.1 Å². The third-order valence-electron chi connectivity index (χ3n) is 4.00. The topological polar surface area (TPSA) is 43.3 Å². The van der Waals surface area contributed by atoms with Crippen LogP contribution >= 0.6 is 11.6 Å². The summed E-state index contributed by atoms with van der Waals surface area (Å²) in [4.78, 5) is 12.7. The smallest absolute Gasteiger partial charge is 0.260 e. The van der Waals surface area contributed by atoms with Crippen LogP contribution in [0.5, 0.6) is 5.75 Å². The number of ether oxygens (including phenoxy) is 1. The molecule has 110 valence electrons. The van der Waals surface area contributed by atoms with E-state index in [1.165, 1.54) is 0 Å². The largest absolute Gasteiger partial charge is 0.497 e. The summed E-state index contributed by atoms with van der Waals surface area (Å²) in [6, 6.07) is 13.1. The molecule has 0 atom stereocenters. The quantitative estimate of drug-likeness (QED) is 0.745. The Balaban J connectivity index is 2.07. The van der Waals surface area contributed by atoms with Crippen LogP contribution in [0.25, 0.3) is 22.0 Å². The predicted octanol–water partition coefficient (Wildman–Crippen LogP) is 3.71. The Morgan fingerprint density at radius 2 is 2.05 bits per heavy atom. The molecule has 22 heavy (non-hydrogen) atoms. The number of pyridine rings is 1. The molecule has 0 spiro atoms. The molecule has 0 aliphatic carbocycles. The number of anilines is 1. The lowest BCUT2D eigenvalue weighted by molar-refractivity contribution is 0.415. The van der Waals surface area contributed by atoms with E-state index in [1.807, 2.05) is 30.3 Å². The van der Waals surface area contributed by atoms with Gasteiger partial charge in [0.2, 0.25) is 0 Å². The lowest BCUT2D eigenvalue weighted by Gasteiger charge is -2.24. The lowest BCUT2D eigenvalue weighted by atomic mass is 10.0. The second-order valence-corrected chi connectivity index (χ2v) is 5.68. The number of benzene rings is 2. The maximum absolute atomic E-state index is 12.7. The van der Waals surface area contributed by atoms with Crippen molar-refractivity contribution in [3.8, 4) is 17.0 Å². The molecule has 4 nitrogen and oxygen atoms in total. The summed E-state index contributed by atoms with van der Waals surface area (Å²) in [5, 5.41) is 5.44. The molecule has 1 aromatic heterocycles. The molecule has 1 aliphatic heterocycles. The van der Waals surface area contributed by atoms with Gasteiger partial charge in [-0.2, -0.15) is 0 Å². The van der Waals surface area contributed by atoms with Gasteiger partial charge in [0.15, 0.2) is 0 Å². The summed E-state index contributed by atoms with van der Waals surface area (Å²) in [5.41, 5.74) is 2.75. The van der Waals surface area contributed by atoms with E-state index in [4.69, 9.17) is 16.3 Å². The predicted molar refractivity (Wildman–Crippen MR) is 88.8 cm³/mol. The highest BCUT2D eigenvalue weighted by Gasteiger charge is 2.18. The van der Waals surface area contributed by atoms with Crippen LogP contribution in [0, 0.1) is 0 Å². The van der Waals surface area contributed by atoms with Crippen LogP contribution in [-0.4, -0.2) is 11.7 Å². The fraction of sp³-hybridized carbons (Fsp3) is 0.118. The average molecular weight is 313 g/mol. The third kappa shape index (κ3) is 1.88. The minimum Gasteiger partial charge on any atom is -0.497 e. The van der Waals surface area contributed by atoms with Crippen molar-refractivity contribution in [1.29, 1.82) is 0 Å². The van der Waals surface area contributed by atoms with E-state index in [0.29, 0.717) is 17.1 Å². The molecule has 0 bridgehead atoms. The maximum Gasteiger partial charge on any atom is 0.260 e. The normalized spacial score (nSPS) is 12.5. The highest BCUT2D eigenvalue weighted by molar-refractivity contribution is 6.31. The zero-order chi connectivity index (χ0) is 15.3. The molecule has 0 radical (unpaired) electrons. The molecule has 1 aliphatic rings. The molecule has 2 heterocycles. The maximum atomic E-state index is 12.7. The standard InChI is InChI=1S/C17H13ClN2O2/c1-22-12-3-4-13-10(6-12)7-16-14-8-11(18)2-5-15(14)19-9-20(16)17(13)21/h2-8,19H,9H2,1H3.